The lowest BCUT2D eigenvalue weighted by Gasteiger charge is -2.13. The van der Waals surface area contributed by atoms with Crippen LogP contribution in [0.3, 0.4) is 0 Å². The summed E-state index contributed by atoms with van der Waals surface area (Å²) >= 11 is 7.27. The Morgan fingerprint density at radius 3 is 2.24 bits per heavy atom. The van der Waals surface area contributed by atoms with Gasteiger partial charge in [0, 0.05) is 4.47 Å². The highest BCUT2D eigenvalue weighted by atomic mass is 79.9. The summed E-state index contributed by atoms with van der Waals surface area (Å²) in [5.74, 6) is 0. The number of hydrogen-bond acceptors (Lipinski definition) is 0. The standard InChI is InChI=1S/C15H14Br2/c1-10-6-7-13(8-11(10)2)15(17)12-4-3-5-14(16)9-12/h3-9,15H,1-2H3. The molecule has 2 aromatic rings. The third-order valence-electron chi connectivity index (χ3n) is 2.96. The molecule has 1 unspecified atom stereocenters. The van der Waals surface area contributed by atoms with Gasteiger partial charge in [-0.3, -0.25) is 0 Å². The second-order valence-electron chi connectivity index (χ2n) is 4.26. The molecular weight excluding hydrogens is 340 g/mol. The molecule has 0 saturated heterocycles. The van der Waals surface area contributed by atoms with Gasteiger partial charge >= 0.3 is 0 Å². The van der Waals surface area contributed by atoms with Gasteiger partial charge in [0.25, 0.3) is 0 Å². The molecule has 0 spiro atoms. The van der Waals surface area contributed by atoms with Crippen molar-refractivity contribution in [2.24, 2.45) is 0 Å². The Labute approximate surface area is 119 Å². The molecule has 0 N–H and O–H groups in total. The smallest absolute Gasteiger partial charge is 0.0645 e. The summed E-state index contributed by atoms with van der Waals surface area (Å²) in [5, 5.41) is 0. The first-order valence-electron chi connectivity index (χ1n) is 5.54. The molecule has 0 aromatic heterocycles. The van der Waals surface area contributed by atoms with Crippen LogP contribution in [-0.4, -0.2) is 0 Å². The third-order valence-corrected chi connectivity index (χ3v) is 4.52. The molecule has 0 radical (unpaired) electrons. The van der Waals surface area contributed by atoms with Crippen LogP contribution in [0.15, 0.2) is 46.9 Å². The summed E-state index contributed by atoms with van der Waals surface area (Å²) in [5.41, 5.74) is 5.23. The summed E-state index contributed by atoms with van der Waals surface area (Å²) in [4.78, 5) is 0.249. The molecule has 0 aliphatic rings. The first-order chi connectivity index (χ1) is 8.08. The van der Waals surface area contributed by atoms with E-state index in [-0.39, 0.29) is 4.83 Å². The van der Waals surface area contributed by atoms with Crippen LogP contribution < -0.4 is 0 Å². The molecule has 0 fully saturated rings. The van der Waals surface area contributed by atoms with Crippen molar-refractivity contribution in [1.82, 2.24) is 0 Å². The quantitative estimate of drug-likeness (QED) is 0.621. The van der Waals surface area contributed by atoms with E-state index in [9.17, 15) is 0 Å². The molecule has 0 bridgehead atoms. The predicted octanol–water partition coefficient (Wildman–Crippen LogP) is 5.55. The molecular formula is C15H14Br2. The van der Waals surface area contributed by atoms with Crippen molar-refractivity contribution in [3.8, 4) is 0 Å². The number of hydrogen-bond donors (Lipinski definition) is 0. The number of alkyl halides is 1. The van der Waals surface area contributed by atoms with E-state index in [2.05, 4.69) is 82.1 Å². The maximum Gasteiger partial charge on any atom is 0.0645 e. The number of benzene rings is 2. The van der Waals surface area contributed by atoms with Crippen LogP contribution in [0.25, 0.3) is 0 Å². The number of halogens is 2. The Hall–Kier alpha value is -0.600. The van der Waals surface area contributed by atoms with Crippen LogP contribution >= 0.6 is 31.9 Å². The van der Waals surface area contributed by atoms with Gasteiger partial charge in [-0.15, -0.1) is 0 Å². The third kappa shape index (κ3) is 2.99. The molecule has 0 aliphatic carbocycles. The lowest BCUT2D eigenvalue weighted by atomic mass is 10.0. The van der Waals surface area contributed by atoms with Crippen molar-refractivity contribution in [1.29, 1.82) is 0 Å². The monoisotopic (exact) mass is 352 g/mol. The van der Waals surface area contributed by atoms with E-state index < -0.39 is 0 Å². The van der Waals surface area contributed by atoms with E-state index in [0.717, 1.165) is 4.47 Å². The normalized spacial score (nSPS) is 12.5. The Balaban J connectivity index is 2.36. The molecule has 88 valence electrons. The van der Waals surface area contributed by atoms with Crippen molar-refractivity contribution < 1.29 is 0 Å². The minimum Gasteiger partial charge on any atom is -0.0786 e. The maximum absolute atomic E-state index is 3.77. The zero-order valence-electron chi connectivity index (χ0n) is 9.87. The topological polar surface area (TPSA) is 0 Å². The van der Waals surface area contributed by atoms with Gasteiger partial charge in [-0.2, -0.15) is 0 Å². The fourth-order valence-electron chi connectivity index (χ4n) is 1.78. The van der Waals surface area contributed by atoms with Crippen molar-refractivity contribution in [2.45, 2.75) is 18.7 Å². The van der Waals surface area contributed by atoms with Gasteiger partial charge in [0.1, 0.15) is 0 Å². The summed E-state index contributed by atoms with van der Waals surface area (Å²) in [7, 11) is 0. The van der Waals surface area contributed by atoms with Gasteiger partial charge < -0.3 is 0 Å². The van der Waals surface area contributed by atoms with Gasteiger partial charge in [0.15, 0.2) is 0 Å². The zero-order valence-corrected chi connectivity index (χ0v) is 13.0. The van der Waals surface area contributed by atoms with Gasteiger partial charge in [0.05, 0.1) is 4.83 Å². The van der Waals surface area contributed by atoms with Gasteiger partial charge in [-0.05, 0) is 48.2 Å². The van der Waals surface area contributed by atoms with Crippen LogP contribution in [-0.2, 0) is 0 Å². The summed E-state index contributed by atoms with van der Waals surface area (Å²) in [6.45, 7) is 4.29. The van der Waals surface area contributed by atoms with Crippen molar-refractivity contribution in [2.75, 3.05) is 0 Å². The van der Waals surface area contributed by atoms with Crippen molar-refractivity contribution >= 4 is 31.9 Å². The van der Waals surface area contributed by atoms with Crippen LogP contribution in [0.1, 0.15) is 27.1 Å². The highest BCUT2D eigenvalue weighted by molar-refractivity contribution is 9.10. The lowest BCUT2D eigenvalue weighted by molar-refractivity contribution is 1.15. The van der Waals surface area contributed by atoms with E-state index in [1.54, 1.807) is 0 Å². The summed E-state index contributed by atoms with van der Waals surface area (Å²) in [6.07, 6.45) is 0. The average molecular weight is 354 g/mol. The molecule has 0 heterocycles. The zero-order chi connectivity index (χ0) is 12.4. The average Bonchev–Trinajstić information content (AvgIpc) is 2.32. The van der Waals surface area contributed by atoms with Crippen molar-refractivity contribution in [3.05, 3.63) is 69.2 Å². The fraction of sp³-hybridized carbons (Fsp3) is 0.200. The van der Waals surface area contributed by atoms with Crippen LogP contribution in [0.2, 0.25) is 0 Å². The maximum atomic E-state index is 3.77. The molecule has 0 nitrogen and oxygen atoms in total. The van der Waals surface area contributed by atoms with Gasteiger partial charge in [-0.1, -0.05) is 62.2 Å². The molecule has 0 saturated carbocycles. The SMILES string of the molecule is Cc1ccc(C(Br)c2cccc(Br)c2)cc1C. The Morgan fingerprint density at radius 1 is 0.882 bits per heavy atom. The van der Waals surface area contributed by atoms with E-state index in [1.807, 2.05) is 6.07 Å². The molecule has 0 aliphatic heterocycles. The first-order valence-corrected chi connectivity index (χ1v) is 7.25. The van der Waals surface area contributed by atoms with E-state index in [0.29, 0.717) is 0 Å². The largest absolute Gasteiger partial charge is 0.0786 e. The number of aryl methyl sites for hydroxylation is 2. The molecule has 17 heavy (non-hydrogen) atoms. The van der Waals surface area contributed by atoms with Gasteiger partial charge in [0.2, 0.25) is 0 Å². The second kappa shape index (κ2) is 5.36. The minimum atomic E-state index is 0.249. The summed E-state index contributed by atoms with van der Waals surface area (Å²) in [6, 6.07) is 15.0. The first kappa shape index (κ1) is 12.8. The van der Waals surface area contributed by atoms with Crippen LogP contribution in [0.5, 0.6) is 0 Å². The van der Waals surface area contributed by atoms with Crippen LogP contribution in [0.4, 0.5) is 0 Å². The Bertz CT molecular complexity index is 532. The summed E-state index contributed by atoms with van der Waals surface area (Å²) < 4.78 is 1.11. The van der Waals surface area contributed by atoms with Crippen LogP contribution in [0, 0.1) is 13.8 Å². The lowest BCUT2D eigenvalue weighted by Crippen LogP contribution is -1.94. The molecule has 1 atom stereocenters. The fourth-order valence-corrected chi connectivity index (χ4v) is 2.77. The second-order valence-corrected chi connectivity index (χ2v) is 6.09. The molecule has 2 rings (SSSR count). The Morgan fingerprint density at radius 2 is 1.59 bits per heavy atom. The van der Waals surface area contributed by atoms with E-state index in [4.69, 9.17) is 0 Å². The molecule has 2 heteroatoms. The van der Waals surface area contributed by atoms with E-state index >= 15 is 0 Å². The highest BCUT2D eigenvalue weighted by Crippen LogP contribution is 2.32. The Kier molecular flexibility index (Phi) is 4.05. The predicted molar refractivity (Wildman–Crippen MR) is 80.8 cm³/mol. The van der Waals surface area contributed by atoms with E-state index in [1.165, 1.54) is 22.3 Å². The molecule has 2 aromatic carbocycles. The number of rotatable bonds is 2. The minimum absolute atomic E-state index is 0.249. The van der Waals surface area contributed by atoms with Gasteiger partial charge in [-0.25, -0.2) is 0 Å². The van der Waals surface area contributed by atoms with Crippen molar-refractivity contribution in [3.63, 3.8) is 0 Å². The highest BCUT2D eigenvalue weighted by Gasteiger charge is 2.10. The molecule has 0 amide bonds.